The second-order valence-corrected chi connectivity index (χ2v) is 7.12. The number of fused-ring (bicyclic) bond motifs is 2. The van der Waals surface area contributed by atoms with E-state index in [2.05, 4.69) is 16.0 Å². The zero-order valence-corrected chi connectivity index (χ0v) is 14.7. The van der Waals surface area contributed by atoms with Gasteiger partial charge < -0.3 is 16.0 Å². The molecule has 4 rings (SSSR count). The number of anilines is 2. The Morgan fingerprint density at radius 2 is 1.85 bits per heavy atom. The molecule has 1 spiro atoms. The lowest BCUT2D eigenvalue weighted by Gasteiger charge is -2.20. The number of rotatable bonds is 4. The van der Waals surface area contributed by atoms with Crippen molar-refractivity contribution in [1.82, 2.24) is 5.32 Å². The number of urea groups is 1. The molecule has 134 valence electrons. The topological polar surface area (TPSA) is 70.2 Å². The first-order valence-corrected chi connectivity index (χ1v) is 9.22. The molecule has 2 aromatic carbocycles. The van der Waals surface area contributed by atoms with Crippen LogP contribution in [0.4, 0.5) is 16.2 Å². The van der Waals surface area contributed by atoms with E-state index in [1.165, 1.54) is 5.56 Å². The zero-order chi connectivity index (χ0) is 18.0. The maximum atomic E-state index is 12.5. The third-order valence-corrected chi connectivity index (χ3v) is 5.48. The largest absolute Gasteiger partial charge is 0.338 e. The molecule has 5 nitrogen and oxygen atoms in total. The molecule has 0 bridgehead atoms. The summed E-state index contributed by atoms with van der Waals surface area (Å²) in [5.41, 5.74) is 3.45. The molecule has 0 aromatic heterocycles. The predicted octanol–water partition coefficient (Wildman–Crippen LogP) is 3.81. The molecular formula is C21H23N3O2. The van der Waals surface area contributed by atoms with Gasteiger partial charge in [0.1, 0.15) is 0 Å². The van der Waals surface area contributed by atoms with Crippen LogP contribution in [-0.2, 0) is 16.6 Å². The van der Waals surface area contributed by atoms with Gasteiger partial charge in [-0.25, -0.2) is 4.79 Å². The van der Waals surface area contributed by atoms with Crippen molar-refractivity contribution in [3.05, 3.63) is 59.7 Å². The van der Waals surface area contributed by atoms with Crippen molar-refractivity contribution >= 4 is 23.3 Å². The molecule has 1 saturated carbocycles. The van der Waals surface area contributed by atoms with E-state index in [-0.39, 0.29) is 17.4 Å². The smallest absolute Gasteiger partial charge is 0.319 e. The molecule has 3 amide bonds. The van der Waals surface area contributed by atoms with Gasteiger partial charge in [0.15, 0.2) is 0 Å². The highest BCUT2D eigenvalue weighted by molar-refractivity contribution is 6.07. The van der Waals surface area contributed by atoms with Gasteiger partial charge >= 0.3 is 6.03 Å². The minimum absolute atomic E-state index is 0.106. The van der Waals surface area contributed by atoms with Gasteiger partial charge in [-0.2, -0.15) is 0 Å². The molecule has 3 N–H and O–H groups in total. The lowest BCUT2D eigenvalue weighted by molar-refractivity contribution is -0.120. The average molecular weight is 349 g/mol. The maximum absolute atomic E-state index is 12.5. The van der Waals surface area contributed by atoms with Crippen LogP contribution < -0.4 is 16.0 Å². The van der Waals surface area contributed by atoms with Crippen LogP contribution in [0.1, 0.15) is 36.8 Å². The van der Waals surface area contributed by atoms with Gasteiger partial charge in [0.05, 0.1) is 5.41 Å². The molecule has 5 heteroatoms. The van der Waals surface area contributed by atoms with Crippen molar-refractivity contribution in [2.75, 3.05) is 17.2 Å². The number of amides is 3. The van der Waals surface area contributed by atoms with Crippen LogP contribution in [0, 0.1) is 0 Å². The van der Waals surface area contributed by atoms with E-state index in [1.807, 2.05) is 48.5 Å². The molecular weight excluding hydrogens is 326 g/mol. The van der Waals surface area contributed by atoms with Gasteiger partial charge in [-0.1, -0.05) is 49.2 Å². The monoisotopic (exact) mass is 349 g/mol. The zero-order valence-electron chi connectivity index (χ0n) is 14.7. The Balaban J connectivity index is 1.37. The van der Waals surface area contributed by atoms with E-state index in [0.29, 0.717) is 12.2 Å². The Hall–Kier alpha value is -2.82. The minimum Gasteiger partial charge on any atom is -0.338 e. The lowest BCUT2D eigenvalue weighted by atomic mass is 9.80. The number of hydrogen-bond acceptors (Lipinski definition) is 2. The van der Waals surface area contributed by atoms with Gasteiger partial charge in [0.2, 0.25) is 5.91 Å². The van der Waals surface area contributed by atoms with Crippen LogP contribution in [-0.4, -0.2) is 18.5 Å². The van der Waals surface area contributed by atoms with E-state index >= 15 is 0 Å². The second-order valence-electron chi connectivity index (χ2n) is 7.12. The van der Waals surface area contributed by atoms with E-state index in [9.17, 15) is 9.59 Å². The second kappa shape index (κ2) is 6.83. The van der Waals surface area contributed by atoms with Gasteiger partial charge in [0, 0.05) is 17.9 Å². The minimum atomic E-state index is -0.341. The number of carbonyl (C=O) groups is 2. The maximum Gasteiger partial charge on any atom is 0.319 e. The molecule has 1 aliphatic heterocycles. The van der Waals surface area contributed by atoms with Crippen molar-refractivity contribution in [2.24, 2.45) is 0 Å². The number of hydrogen-bond donors (Lipinski definition) is 3. The van der Waals surface area contributed by atoms with Crippen molar-refractivity contribution in [3.63, 3.8) is 0 Å². The van der Waals surface area contributed by atoms with E-state index in [1.54, 1.807) is 0 Å². The number of carbonyl (C=O) groups excluding carboxylic acids is 2. The fraction of sp³-hybridized carbons (Fsp3) is 0.333. The Labute approximate surface area is 153 Å². The van der Waals surface area contributed by atoms with Gasteiger partial charge in [-0.3, -0.25) is 4.79 Å². The first kappa shape index (κ1) is 16.6. The van der Waals surface area contributed by atoms with Crippen LogP contribution in [0.15, 0.2) is 48.5 Å². The molecule has 1 fully saturated rings. The summed E-state index contributed by atoms with van der Waals surface area (Å²) in [6.45, 7) is 0.570. The Morgan fingerprint density at radius 1 is 1.08 bits per heavy atom. The number of benzene rings is 2. The summed E-state index contributed by atoms with van der Waals surface area (Å²) in [5, 5.41) is 8.72. The van der Waals surface area contributed by atoms with E-state index in [4.69, 9.17) is 0 Å². The lowest BCUT2D eigenvalue weighted by Crippen LogP contribution is -2.31. The summed E-state index contributed by atoms with van der Waals surface area (Å²) < 4.78 is 0. The van der Waals surface area contributed by atoms with Crippen LogP contribution in [0.2, 0.25) is 0 Å². The highest BCUT2D eigenvalue weighted by Crippen LogP contribution is 2.49. The molecule has 1 aliphatic carbocycles. The summed E-state index contributed by atoms with van der Waals surface area (Å²) in [7, 11) is 0. The number of nitrogens with one attached hydrogen (secondary N) is 3. The molecule has 1 heterocycles. The summed E-state index contributed by atoms with van der Waals surface area (Å²) in [6, 6.07) is 15.5. The predicted molar refractivity (Wildman–Crippen MR) is 102 cm³/mol. The summed E-state index contributed by atoms with van der Waals surface area (Å²) in [5.74, 6) is 0.106. The van der Waals surface area contributed by atoms with E-state index in [0.717, 1.165) is 43.4 Å². The molecule has 0 unspecified atom stereocenters. The van der Waals surface area contributed by atoms with Crippen molar-refractivity contribution in [3.8, 4) is 0 Å². The highest BCUT2D eigenvalue weighted by atomic mass is 16.2. The molecule has 2 aromatic rings. The van der Waals surface area contributed by atoms with Gasteiger partial charge in [0.25, 0.3) is 0 Å². The Morgan fingerprint density at radius 3 is 2.62 bits per heavy atom. The molecule has 0 atom stereocenters. The highest BCUT2D eigenvalue weighted by Gasteiger charge is 2.48. The summed E-state index contributed by atoms with van der Waals surface area (Å²) in [6.07, 6.45) is 4.81. The third-order valence-electron chi connectivity index (χ3n) is 5.48. The Bertz CT molecular complexity index is 826. The fourth-order valence-electron chi connectivity index (χ4n) is 4.12. The first-order valence-electron chi connectivity index (χ1n) is 9.22. The van der Waals surface area contributed by atoms with E-state index < -0.39 is 0 Å². The molecule has 0 saturated heterocycles. The molecule has 2 aliphatic rings. The van der Waals surface area contributed by atoms with Gasteiger partial charge in [-0.05, 0) is 42.5 Å². The standard InChI is InChI=1S/C21H23N3O2/c25-19-21(11-4-5-12-21)17-9-8-16(14-18(17)24-19)23-20(26)22-13-10-15-6-2-1-3-7-15/h1-3,6-9,14H,4-5,10-13H2,(H,24,25)(H2,22,23,26). The fourth-order valence-corrected chi connectivity index (χ4v) is 4.12. The molecule has 0 radical (unpaired) electrons. The Kier molecular flexibility index (Phi) is 4.37. The molecule has 26 heavy (non-hydrogen) atoms. The van der Waals surface area contributed by atoms with Crippen molar-refractivity contribution < 1.29 is 9.59 Å². The average Bonchev–Trinajstić information content (AvgIpc) is 3.23. The SMILES string of the molecule is O=C(NCCc1ccccc1)Nc1ccc2c(c1)NC(=O)C21CCCC1. The van der Waals surface area contributed by atoms with Crippen molar-refractivity contribution in [1.29, 1.82) is 0 Å². The van der Waals surface area contributed by atoms with Crippen LogP contribution in [0.5, 0.6) is 0 Å². The van der Waals surface area contributed by atoms with Crippen LogP contribution in [0.25, 0.3) is 0 Å². The van der Waals surface area contributed by atoms with Crippen molar-refractivity contribution in [2.45, 2.75) is 37.5 Å². The first-order chi connectivity index (χ1) is 12.7. The van der Waals surface area contributed by atoms with Gasteiger partial charge in [-0.15, -0.1) is 0 Å². The summed E-state index contributed by atoms with van der Waals surface area (Å²) in [4.78, 5) is 24.6. The third kappa shape index (κ3) is 3.05. The summed E-state index contributed by atoms with van der Waals surface area (Å²) >= 11 is 0. The van der Waals surface area contributed by atoms with Crippen LogP contribution >= 0.6 is 0 Å². The van der Waals surface area contributed by atoms with Crippen LogP contribution in [0.3, 0.4) is 0 Å². The normalized spacial score (nSPS) is 17.0. The quantitative estimate of drug-likeness (QED) is 0.785.